The van der Waals surface area contributed by atoms with E-state index in [1.54, 1.807) is 28.4 Å². The van der Waals surface area contributed by atoms with E-state index in [-0.39, 0.29) is 6.04 Å². The van der Waals surface area contributed by atoms with Crippen LogP contribution in [0.4, 0.5) is 0 Å². The van der Waals surface area contributed by atoms with Crippen molar-refractivity contribution in [3.8, 4) is 23.0 Å². The first-order valence-electron chi connectivity index (χ1n) is 10.1. The van der Waals surface area contributed by atoms with Gasteiger partial charge in [-0.25, -0.2) is 0 Å². The first-order chi connectivity index (χ1) is 14.6. The van der Waals surface area contributed by atoms with E-state index in [0.29, 0.717) is 23.3 Å². The Labute approximate surface area is 183 Å². The minimum Gasteiger partial charge on any atom is -0.493 e. The average Bonchev–Trinajstić information content (AvgIpc) is 3.60. The minimum absolute atomic E-state index is 0.0629. The van der Waals surface area contributed by atoms with Gasteiger partial charge in [-0.2, -0.15) is 0 Å². The fraction of sp³-hybridized carbons (Fsp3) is 0.435. The summed E-state index contributed by atoms with van der Waals surface area (Å²) < 4.78 is 22.1. The van der Waals surface area contributed by atoms with Crippen LogP contribution in [0.25, 0.3) is 0 Å². The minimum atomic E-state index is -0.0629. The molecule has 4 rings (SSSR count). The van der Waals surface area contributed by atoms with Gasteiger partial charge in [-0.05, 0) is 72.4 Å². The molecule has 1 atom stereocenters. The normalized spacial score (nSPS) is 17.7. The molecule has 0 aromatic heterocycles. The van der Waals surface area contributed by atoms with Crippen molar-refractivity contribution in [3.63, 3.8) is 0 Å². The molecule has 0 amide bonds. The molecule has 1 heterocycles. The van der Waals surface area contributed by atoms with E-state index in [2.05, 4.69) is 28.4 Å². The lowest BCUT2D eigenvalue weighted by molar-refractivity contribution is 0.321. The maximum Gasteiger partial charge on any atom is 0.169 e. The smallest absolute Gasteiger partial charge is 0.169 e. The summed E-state index contributed by atoms with van der Waals surface area (Å²) in [6.07, 6.45) is 3.24. The number of thiocarbonyl (C=S) groups is 1. The monoisotopic (exact) mass is 428 g/mol. The Kier molecular flexibility index (Phi) is 5.90. The van der Waals surface area contributed by atoms with E-state index >= 15 is 0 Å². The molecule has 7 heteroatoms. The number of methoxy groups -OCH3 is 4. The van der Waals surface area contributed by atoms with Crippen molar-refractivity contribution in [1.29, 1.82) is 0 Å². The molecule has 2 aliphatic rings. The molecular formula is C23H28N2O4S. The number of nitrogens with one attached hydrogen (secondary N) is 1. The first-order valence-corrected chi connectivity index (χ1v) is 10.5. The summed E-state index contributed by atoms with van der Waals surface area (Å²) in [7, 11) is 6.63. The Hall–Kier alpha value is -2.67. The standard InChI is InChI=1S/C23H28N2O4S/c1-26-18-8-5-15(12-19(18)27-2)22-17-13-21(29-4)20(28-3)11-14(17)9-10-25(22)23(30)24-16-6-7-16/h5,8,11-13,16,22H,6-7,9-10H2,1-4H3,(H,24,30). The fourth-order valence-corrected chi connectivity index (χ4v) is 4.40. The van der Waals surface area contributed by atoms with Crippen LogP contribution in [0.2, 0.25) is 0 Å². The highest BCUT2D eigenvalue weighted by Crippen LogP contribution is 2.43. The lowest BCUT2D eigenvalue weighted by atomic mass is 9.87. The number of hydrogen-bond donors (Lipinski definition) is 1. The summed E-state index contributed by atoms with van der Waals surface area (Å²) in [5.41, 5.74) is 3.48. The molecule has 30 heavy (non-hydrogen) atoms. The number of fused-ring (bicyclic) bond motifs is 1. The van der Waals surface area contributed by atoms with E-state index in [0.717, 1.165) is 35.0 Å². The van der Waals surface area contributed by atoms with Crippen molar-refractivity contribution in [3.05, 3.63) is 47.0 Å². The first kappa shape index (κ1) is 20.6. The van der Waals surface area contributed by atoms with E-state index in [1.807, 2.05) is 12.1 Å². The van der Waals surface area contributed by atoms with Crippen molar-refractivity contribution >= 4 is 17.3 Å². The number of hydrogen-bond acceptors (Lipinski definition) is 5. The fourth-order valence-electron chi connectivity index (χ4n) is 4.03. The zero-order valence-electron chi connectivity index (χ0n) is 17.9. The SMILES string of the molecule is COc1ccc(C2c3cc(OC)c(OC)cc3CCN2C(=S)NC2CC2)cc1OC. The van der Waals surface area contributed by atoms with Crippen LogP contribution in [0.1, 0.15) is 35.6 Å². The predicted octanol–water partition coefficient (Wildman–Crippen LogP) is 3.71. The van der Waals surface area contributed by atoms with Gasteiger partial charge in [-0.15, -0.1) is 0 Å². The molecule has 1 N–H and O–H groups in total. The van der Waals surface area contributed by atoms with Crippen LogP contribution < -0.4 is 24.3 Å². The lowest BCUT2D eigenvalue weighted by Crippen LogP contribution is -2.46. The molecule has 2 aromatic rings. The summed E-state index contributed by atoms with van der Waals surface area (Å²) in [6.45, 7) is 0.819. The Balaban J connectivity index is 1.82. The lowest BCUT2D eigenvalue weighted by Gasteiger charge is -2.40. The zero-order chi connectivity index (χ0) is 21.3. The maximum absolute atomic E-state index is 5.82. The highest BCUT2D eigenvalue weighted by atomic mass is 32.1. The van der Waals surface area contributed by atoms with Crippen LogP contribution in [0.5, 0.6) is 23.0 Å². The molecule has 0 bridgehead atoms. The summed E-state index contributed by atoms with van der Waals surface area (Å²) in [5, 5.41) is 4.29. The van der Waals surface area contributed by atoms with E-state index in [4.69, 9.17) is 31.2 Å². The van der Waals surface area contributed by atoms with Gasteiger partial charge in [0, 0.05) is 12.6 Å². The molecule has 1 saturated carbocycles. The second-order valence-corrected chi connectivity index (χ2v) is 7.98. The molecular weight excluding hydrogens is 400 g/mol. The maximum atomic E-state index is 5.82. The van der Waals surface area contributed by atoms with Crippen LogP contribution in [0.15, 0.2) is 30.3 Å². The Bertz CT molecular complexity index is 945. The molecule has 1 aliphatic heterocycles. The largest absolute Gasteiger partial charge is 0.493 e. The zero-order valence-corrected chi connectivity index (χ0v) is 18.7. The van der Waals surface area contributed by atoms with Crippen molar-refractivity contribution < 1.29 is 18.9 Å². The van der Waals surface area contributed by atoms with Gasteiger partial charge in [0.05, 0.1) is 34.5 Å². The number of ether oxygens (including phenoxy) is 4. The van der Waals surface area contributed by atoms with Gasteiger partial charge in [0.25, 0.3) is 0 Å². The third-order valence-electron chi connectivity index (χ3n) is 5.76. The van der Waals surface area contributed by atoms with Crippen molar-refractivity contribution in [2.75, 3.05) is 35.0 Å². The summed E-state index contributed by atoms with van der Waals surface area (Å²) >= 11 is 5.82. The highest BCUT2D eigenvalue weighted by molar-refractivity contribution is 7.80. The van der Waals surface area contributed by atoms with E-state index < -0.39 is 0 Å². The van der Waals surface area contributed by atoms with Gasteiger partial charge < -0.3 is 29.2 Å². The Morgan fingerprint density at radius 1 is 0.900 bits per heavy atom. The molecule has 2 aromatic carbocycles. The Morgan fingerprint density at radius 2 is 1.53 bits per heavy atom. The second-order valence-electron chi connectivity index (χ2n) is 7.59. The summed E-state index contributed by atoms with van der Waals surface area (Å²) in [4.78, 5) is 2.27. The third kappa shape index (κ3) is 3.86. The van der Waals surface area contributed by atoms with Crippen LogP contribution in [-0.2, 0) is 6.42 Å². The molecule has 1 unspecified atom stereocenters. The quantitative estimate of drug-likeness (QED) is 0.704. The third-order valence-corrected chi connectivity index (χ3v) is 6.12. The second kappa shape index (κ2) is 8.60. The van der Waals surface area contributed by atoms with Crippen molar-refractivity contribution in [1.82, 2.24) is 10.2 Å². The van der Waals surface area contributed by atoms with Gasteiger partial charge in [-0.1, -0.05) is 6.07 Å². The van der Waals surface area contributed by atoms with Crippen LogP contribution in [-0.4, -0.2) is 51.0 Å². The molecule has 1 aliphatic carbocycles. The molecule has 1 fully saturated rings. The molecule has 0 radical (unpaired) electrons. The topological polar surface area (TPSA) is 52.2 Å². The number of nitrogens with zero attached hydrogens (tertiary/aromatic N) is 1. The Morgan fingerprint density at radius 3 is 2.17 bits per heavy atom. The number of benzene rings is 2. The van der Waals surface area contributed by atoms with Crippen molar-refractivity contribution in [2.45, 2.75) is 31.3 Å². The summed E-state index contributed by atoms with van der Waals surface area (Å²) in [6, 6.07) is 10.6. The molecule has 0 spiro atoms. The number of rotatable bonds is 6. The summed E-state index contributed by atoms with van der Waals surface area (Å²) in [5.74, 6) is 2.86. The van der Waals surface area contributed by atoms with Gasteiger partial charge in [-0.3, -0.25) is 0 Å². The van der Waals surface area contributed by atoms with E-state index in [9.17, 15) is 0 Å². The van der Waals surface area contributed by atoms with Gasteiger partial charge in [0.15, 0.2) is 28.1 Å². The van der Waals surface area contributed by atoms with Crippen LogP contribution in [0.3, 0.4) is 0 Å². The molecule has 160 valence electrons. The molecule has 6 nitrogen and oxygen atoms in total. The average molecular weight is 429 g/mol. The predicted molar refractivity (Wildman–Crippen MR) is 120 cm³/mol. The highest BCUT2D eigenvalue weighted by Gasteiger charge is 2.34. The van der Waals surface area contributed by atoms with Gasteiger partial charge >= 0.3 is 0 Å². The van der Waals surface area contributed by atoms with E-state index in [1.165, 1.54) is 18.4 Å². The van der Waals surface area contributed by atoms with Gasteiger partial charge in [0.2, 0.25) is 0 Å². The van der Waals surface area contributed by atoms with Gasteiger partial charge in [0.1, 0.15) is 0 Å². The molecule has 0 saturated heterocycles. The van der Waals surface area contributed by atoms with Crippen molar-refractivity contribution in [2.24, 2.45) is 0 Å². The van der Waals surface area contributed by atoms with Crippen LogP contribution in [0, 0.1) is 0 Å². The van der Waals surface area contributed by atoms with Crippen LogP contribution >= 0.6 is 12.2 Å².